The highest BCUT2D eigenvalue weighted by atomic mass is 16.4. The lowest BCUT2D eigenvalue weighted by Gasteiger charge is -2.32. The summed E-state index contributed by atoms with van der Waals surface area (Å²) in [5.74, 6) is -0.784. The van der Waals surface area contributed by atoms with E-state index in [0.29, 0.717) is 6.42 Å². The van der Waals surface area contributed by atoms with E-state index in [1.807, 2.05) is 20.8 Å². The summed E-state index contributed by atoms with van der Waals surface area (Å²) >= 11 is 0. The molecule has 0 bridgehead atoms. The second-order valence-electron chi connectivity index (χ2n) is 4.38. The van der Waals surface area contributed by atoms with Gasteiger partial charge in [0.15, 0.2) is 0 Å². The van der Waals surface area contributed by atoms with Crippen LogP contribution in [-0.4, -0.2) is 33.9 Å². The van der Waals surface area contributed by atoms with Crippen LogP contribution in [-0.2, 0) is 4.79 Å². The first-order chi connectivity index (χ1) is 6.25. The standard InChI is InChI=1S/C10H21NO3/c1-7(5-6-9(13)14)11-10(3,4)8(2)12/h7-8,11-12H,5-6H2,1-4H3,(H,13,14). The fourth-order valence-corrected chi connectivity index (χ4v) is 1.17. The Labute approximate surface area is 85.3 Å². The Kier molecular flexibility index (Phi) is 5.08. The molecule has 0 fully saturated rings. The van der Waals surface area contributed by atoms with Gasteiger partial charge in [-0.1, -0.05) is 0 Å². The molecule has 0 spiro atoms. The van der Waals surface area contributed by atoms with Crippen LogP contribution in [0, 0.1) is 0 Å². The number of carboxylic acid groups (broad SMARTS) is 1. The van der Waals surface area contributed by atoms with E-state index in [2.05, 4.69) is 5.32 Å². The zero-order valence-electron chi connectivity index (χ0n) is 9.37. The molecule has 0 rings (SSSR count). The summed E-state index contributed by atoms with van der Waals surface area (Å²) in [7, 11) is 0. The molecule has 14 heavy (non-hydrogen) atoms. The summed E-state index contributed by atoms with van der Waals surface area (Å²) in [6.45, 7) is 7.44. The van der Waals surface area contributed by atoms with Crippen molar-refractivity contribution in [2.24, 2.45) is 0 Å². The zero-order valence-corrected chi connectivity index (χ0v) is 9.37. The number of carboxylic acids is 1. The lowest BCUT2D eigenvalue weighted by molar-refractivity contribution is -0.137. The van der Waals surface area contributed by atoms with Gasteiger partial charge in [0, 0.05) is 18.0 Å². The van der Waals surface area contributed by atoms with Gasteiger partial charge in [0.25, 0.3) is 0 Å². The van der Waals surface area contributed by atoms with Gasteiger partial charge in [-0.3, -0.25) is 4.79 Å². The van der Waals surface area contributed by atoms with E-state index in [4.69, 9.17) is 5.11 Å². The van der Waals surface area contributed by atoms with Crippen LogP contribution < -0.4 is 5.32 Å². The minimum Gasteiger partial charge on any atom is -0.481 e. The predicted octanol–water partition coefficient (Wildman–Crippen LogP) is 0.989. The highest BCUT2D eigenvalue weighted by Gasteiger charge is 2.25. The third kappa shape index (κ3) is 5.19. The van der Waals surface area contributed by atoms with E-state index in [-0.39, 0.29) is 18.0 Å². The normalized spacial score (nSPS) is 16.4. The van der Waals surface area contributed by atoms with E-state index in [1.54, 1.807) is 6.92 Å². The van der Waals surface area contributed by atoms with Crippen LogP contribution in [0.1, 0.15) is 40.5 Å². The van der Waals surface area contributed by atoms with Gasteiger partial charge in [-0.15, -0.1) is 0 Å². The molecule has 0 saturated heterocycles. The van der Waals surface area contributed by atoms with Crippen molar-refractivity contribution in [1.82, 2.24) is 5.32 Å². The molecular weight excluding hydrogens is 182 g/mol. The minimum absolute atomic E-state index is 0.0932. The Morgan fingerprint density at radius 1 is 1.43 bits per heavy atom. The van der Waals surface area contributed by atoms with Gasteiger partial charge >= 0.3 is 5.97 Å². The van der Waals surface area contributed by atoms with Gasteiger partial charge in [0.05, 0.1) is 6.10 Å². The Bertz CT molecular complexity index is 190. The summed E-state index contributed by atoms with van der Waals surface area (Å²) in [6, 6.07) is 0.0932. The molecule has 0 amide bonds. The topological polar surface area (TPSA) is 69.6 Å². The largest absolute Gasteiger partial charge is 0.481 e. The van der Waals surface area contributed by atoms with Gasteiger partial charge in [0.1, 0.15) is 0 Å². The molecule has 84 valence electrons. The molecule has 0 aromatic rings. The van der Waals surface area contributed by atoms with Crippen molar-refractivity contribution in [2.75, 3.05) is 0 Å². The molecule has 0 aliphatic carbocycles. The first-order valence-corrected chi connectivity index (χ1v) is 4.93. The van der Waals surface area contributed by atoms with Crippen LogP contribution in [0.3, 0.4) is 0 Å². The number of aliphatic hydroxyl groups is 1. The van der Waals surface area contributed by atoms with Crippen molar-refractivity contribution in [3.05, 3.63) is 0 Å². The summed E-state index contributed by atoms with van der Waals surface area (Å²) in [5.41, 5.74) is -0.377. The molecule has 0 aromatic carbocycles. The van der Waals surface area contributed by atoms with Gasteiger partial charge < -0.3 is 15.5 Å². The Balaban J connectivity index is 3.92. The van der Waals surface area contributed by atoms with E-state index < -0.39 is 12.1 Å². The average molecular weight is 203 g/mol. The highest BCUT2D eigenvalue weighted by Crippen LogP contribution is 2.11. The molecule has 0 radical (unpaired) electrons. The lowest BCUT2D eigenvalue weighted by atomic mass is 9.97. The van der Waals surface area contributed by atoms with Crippen molar-refractivity contribution in [3.8, 4) is 0 Å². The molecular formula is C10H21NO3. The third-order valence-electron chi connectivity index (χ3n) is 2.45. The van der Waals surface area contributed by atoms with Crippen molar-refractivity contribution < 1.29 is 15.0 Å². The minimum atomic E-state index is -0.784. The van der Waals surface area contributed by atoms with E-state index in [9.17, 15) is 9.90 Å². The highest BCUT2D eigenvalue weighted by molar-refractivity contribution is 5.66. The molecule has 0 aliphatic rings. The van der Waals surface area contributed by atoms with Crippen LogP contribution >= 0.6 is 0 Å². The average Bonchev–Trinajstić information content (AvgIpc) is 1.99. The Morgan fingerprint density at radius 2 is 1.93 bits per heavy atom. The number of aliphatic hydroxyl groups excluding tert-OH is 1. The number of rotatable bonds is 6. The van der Waals surface area contributed by atoms with Crippen molar-refractivity contribution in [2.45, 2.75) is 58.2 Å². The molecule has 2 unspecified atom stereocenters. The molecule has 3 N–H and O–H groups in total. The first kappa shape index (κ1) is 13.4. The quantitative estimate of drug-likeness (QED) is 0.602. The second kappa shape index (κ2) is 5.32. The predicted molar refractivity (Wildman–Crippen MR) is 55.2 cm³/mol. The molecule has 0 aromatic heterocycles. The number of hydrogen-bond donors (Lipinski definition) is 3. The van der Waals surface area contributed by atoms with Crippen LogP contribution in [0.25, 0.3) is 0 Å². The maximum absolute atomic E-state index is 10.3. The lowest BCUT2D eigenvalue weighted by Crippen LogP contribution is -2.51. The summed E-state index contributed by atoms with van der Waals surface area (Å²) in [6.07, 6.45) is 0.269. The molecule has 2 atom stereocenters. The van der Waals surface area contributed by atoms with E-state index >= 15 is 0 Å². The van der Waals surface area contributed by atoms with E-state index in [0.717, 1.165) is 0 Å². The number of hydrogen-bond acceptors (Lipinski definition) is 3. The first-order valence-electron chi connectivity index (χ1n) is 4.93. The number of nitrogens with one attached hydrogen (secondary N) is 1. The molecule has 4 nitrogen and oxygen atoms in total. The van der Waals surface area contributed by atoms with Crippen LogP contribution in [0.2, 0.25) is 0 Å². The zero-order chi connectivity index (χ0) is 11.4. The molecule has 0 saturated carbocycles. The maximum Gasteiger partial charge on any atom is 0.303 e. The van der Waals surface area contributed by atoms with Crippen molar-refractivity contribution in [1.29, 1.82) is 0 Å². The van der Waals surface area contributed by atoms with Crippen LogP contribution in [0.5, 0.6) is 0 Å². The second-order valence-corrected chi connectivity index (χ2v) is 4.38. The Hall–Kier alpha value is -0.610. The third-order valence-corrected chi connectivity index (χ3v) is 2.45. The van der Waals surface area contributed by atoms with Crippen LogP contribution in [0.15, 0.2) is 0 Å². The number of carbonyl (C=O) groups is 1. The smallest absolute Gasteiger partial charge is 0.303 e. The van der Waals surface area contributed by atoms with Gasteiger partial charge in [0.2, 0.25) is 0 Å². The SMILES string of the molecule is CC(CCC(=O)O)NC(C)(C)C(C)O. The number of aliphatic carboxylic acids is 1. The maximum atomic E-state index is 10.3. The molecule has 0 aliphatic heterocycles. The van der Waals surface area contributed by atoms with Crippen molar-refractivity contribution >= 4 is 5.97 Å². The van der Waals surface area contributed by atoms with E-state index in [1.165, 1.54) is 0 Å². The fraction of sp³-hybridized carbons (Fsp3) is 0.900. The summed E-state index contributed by atoms with van der Waals surface area (Å²) in [4.78, 5) is 10.3. The van der Waals surface area contributed by atoms with Crippen LogP contribution in [0.4, 0.5) is 0 Å². The van der Waals surface area contributed by atoms with Gasteiger partial charge in [-0.25, -0.2) is 0 Å². The summed E-state index contributed by atoms with van der Waals surface area (Å²) in [5, 5.41) is 21.1. The van der Waals surface area contributed by atoms with Gasteiger partial charge in [-0.2, -0.15) is 0 Å². The van der Waals surface area contributed by atoms with Gasteiger partial charge in [-0.05, 0) is 34.1 Å². The fourth-order valence-electron chi connectivity index (χ4n) is 1.17. The van der Waals surface area contributed by atoms with Crippen molar-refractivity contribution in [3.63, 3.8) is 0 Å². The molecule has 0 heterocycles. The molecule has 4 heteroatoms. The Morgan fingerprint density at radius 3 is 2.29 bits per heavy atom. The monoisotopic (exact) mass is 203 g/mol. The summed E-state index contributed by atoms with van der Waals surface area (Å²) < 4.78 is 0.